The zero-order chi connectivity index (χ0) is 19.4. The maximum atomic E-state index is 13.0. The summed E-state index contributed by atoms with van der Waals surface area (Å²) in [5.74, 6) is 0.0264. The van der Waals surface area contributed by atoms with Crippen molar-refractivity contribution in [3.63, 3.8) is 0 Å². The molecule has 1 heterocycles. The van der Waals surface area contributed by atoms with Crippen LogP contribution in [0, 0.1) is 0 Å². The maximum Gasteiger partial charge on any atom is 0.341 e. The van der Waals surface area contributed by atoms with Crippen molar-refractivity contribution in [2.24, 2.45) is 4.99 Å². The number of rotatable bonds is 5. The van der Waals surface area contributed by atoms with Crippen molar-refractivity contribution in [3.05, 3.63) is 59.2 Å². The molecular formula is C20H20N2O5. The number of benzene rings is 2. The van der Waals surface area contributed by atoms with Crippen molar-refractivity contribution in [1.82, 2.24) is 0 Å². The number of hydrogen-bond donors (Lipinski definition) is 0. The summed E-state index contributed by atoms with van der Waals surface area (Å²) in [7, 11) is 4.40. The van der Waals surface area contributed by atoms with Crippen molar-refractivity contribution < 1.29 is 23.8 Å². The molecule has 0 saturated carbocycles. The van der Waals surface area contributed by atoms with E-state index in [0.717, 1.165) is 5.56 Å². The lowest BCUT2D eigenvalue weighted by molar-refractivity contribution is 0.0596. The average Bonchev–Trinajstić information content (AvgIpc) is 3.26. The average molecular weight is 368 g/mol. The van der Waals surface area contributed by atoms with Crippen molar-refractivity contribution in [2.75, 3.05) is 39.3 Å². The zero-order valence-electron chi connectivity index (χ0n) is 15.4. The third-order valence-electron chi connectivity index (χ3n) is 4.24. The standard InChI is InChI=1S/C20H20N2O5/c1-22(16-7-5-4-6-14(16)18-21-10-11-27-18)19(23)13-8-9-15(20(24)26-3)17(12-13)25-2/h4-9,12H,10-11H2,1-3H3. The largest absolute Gasteiger partial charge is 0.496 e. The second kappa shape index (κ2) is 7.90. The van der Waals surface area contributed by atoms with Crippen molar-refractivity contribution in [3.8, 4) is 5.75 Å². The van der Waals surface area contributed by atoms with Gasteiger partial charge in [0.2, 0.25) is 5.90 Å². The Labute approximate surface area is 157 Å². The lowest BCUT2D eigenvalue weighted by Gasteiger charge is -2.21. The molecule has 0 spiro atoms. The van der Waals surface area contributed by atoms with Crippen molar-refractivity contribution >= 4 is 23.5 Å². The van der Waals surface area contributed by atoms with E-state index in [2.05, 4.69) is 4.99 Å². The van der Waals surface area contributed by atoms with Gasteiger partial charge in [-0.25, -0.2) is 9.79 Å². The van der Waals surface area contributed by atoms with Gasteiger partial charge in [-0.2, -0.15) is 0 Å². The summed E-state index contributed by atoms with van der Waals surface area (Å²) in [6, 6.07) is 12.0. The lowest BCUT2D eigenvalue weighted by atomic mass is 10.1. The van der Waals surface area contributed by atoms with Crippen LogP contribution in [0.4, 0.5) is 5.69 Å². The molecule has 2 aromatic carbocycles. The number of carbonyl (C=O) groups excluding carboxylic acids is 2. The van der Waals surface area contributed by atoms with Crippen LogP contribution in [0.3, 0.4) is 0 Å². The van der Waals surface area contributed by atoms with Gasteiger partial charge in [0.25, 0.3) is 5.91 Å². The molecule has 0 saturated heterocycles. The molecule has 1 amide bonds. The molecule has 0 N–H and O–H groups in total. The van der Waals surface area contributed by atoms with Crippen molar-refractivity contribution in [1.29, 1.82) is 0 Å². The number of ether oxygens (including phenoxy) is 3. The van der Waals surface area contributed by atoms with Gasteiger partial charge in [-0.15, -0.1) is 0 Å². The molecule has 1 aliphatic heterocycles. The molecule has 0 radical (unpaired) electrons. The maximum absolute atomic E-state index is 13.0. The van der Waals surface area contributed by atoms with E-state index >= 15 is 0 Å². The fourth-order valence-corrected chi connectivity index (χ4v) is 2.85. The minimum Gasteiger partial charge on any atom is -0.496 e. The van der Waals surface area contributed by atoms with Gasteiger partial charge in [-0.3, -0.25) is 4.79 Å². The number of amides is 1. The highest BCUT2D eigenvalue weighted by Crippen LogP contribution is 2.26. The Morgan fingerprint density at radius 2 is 1.93 bits per heavy atom. The summed E-state index contributed by atoms with van der Waals surface area (Å²) in [6.45, 7) is 1.14. The molecule has 0 aromatic heterocycles. The second-order valence-corrected chi connectivity index (χ2v) is 5.82. The third kappa shape index (κ3) is 3.62. The number of methoxy groups -OCH3 is 2. The summed E-state index contributed by atoms with van der Waals surface area (Å²) in [5, 5.41) is 0. The topological polar surface area (TPSA) is 77.4 Å². The van der Waals surface area contributed by atoms with E-state index in [1.807, 2.05) is 24.3 Å². The van der Waals surface area contributed by atoms with E-state index < -0.39 is 5.97 Å². The van der Waals surface area contributed by atoms with E-state index in [1.54, 1.807) is 13.1 Å². The van der Waals surface area contributed by atoms with Gasteiger partial charge in [-0.05, 0) is 30.3 Å². The van der Waals surface area contributed by atoms with E-state index in [1.165, 1.54) is 31.3 Å². The van der Waals surface area contributed by atoms with Crippen LogP contribution < -0.4 is 9.64 Å². The Bertz CT molecular complexity index is 907. The summed E-state index contributed by atoms with van der Waals surface area (Å²) >= 11 is 0. The van der Waals surface area contributed by atoms with Crippen LogP contribution >= 0.6 is 0 Å². The number of aliphatic imine (C=N–C) groups is 1. The first-order chi connectivity index (χ1) is 13.1. The molecule has 7 heteroatoms. The van der Waals surface area contributed by atoms with Crippen LogP contribution in [-0.2, 0) is 9.47 Å². The van der Waals surface area contributed by atoms with E-state index in [4.69, 9.17) is 14.2 Å². The van der Waals surface area contributed by atoms with Crippen LogP contribution in [0.5, 0.6) is 5.75 Å². The first kappa shape index (κ1) is 18.4. The van der Waals surface area contributed by atoms with E-state index in [0.29, 0.717) is 30.3 Å². The number of nitrogens with zero attached hydrogens (tertiary/aromatic N) is 2. The lowest BCUT2D eigenvalue weighted by Crippen LogP contribution is -2.28. The number of esters is 1. The molecule has 0 atom stereocenters. The first-order valence-electron chi connectivity index (χ1n) is 8.38. The first-order valence-corrected chi connectivity index (χ1v) is 8.38. The van der Waals surface area contributed by atoms with Gasteiger partial charge in [-0.1, -0.05) is 12.1 Å². The fraction of sp³-hybridized carbons (Fsp3) is 0.250. The third-order valence-corrected chi connectivity index (χ3v) is 4.24. The van der Waals surface area contributed by atoms with Gasteiger partial charge in [0.05, 0.1) is 32.0 Å². The highest BCUT2D eigenvalue weighted by Gasteiger charge is 2.22. The number of anilines is 1. The molecule has 3 rings (SSSR count). The van der Waals surface area contributed by atoms with Gasteiger partial charge in [0.1, 0.15) is 17.9 Å². The predicted octanol–water partition coefficient (Wildman–Crippen LogP) is 2.54. The smallest absolute Gasteiger partial charge is 0.341 e. The van der Waals surface area contributed by atoms with Gasteiger partial charge in [0.15, 0.2) is 0 Å². The van der Waals surface area contributed by atoms with Crippen LogP contribution in [0.25, 0.3) is 0 Å². The van der Waals surface area contributed by atoms with Gasteiger partial charge < -0.3 is 19.1 Å². The molecule has 7 nitrogen and oxygen atoms in total. The quantitative estimate of drug-likeness (QED) is 0.758. The Morgan fingerprint density at radius 3 is 2.59 bits per heavy atom. The Hall–Kier alpha value is -3.35. The summed E-state index contributed by atoms with van der Waals surface area (Å²) in [4.78, 5) is 30.7. The molecule has 0 unspecified atom stereocenters. The van der Waals surface area contributed by atoms with Crippen molar-refractivity contribution in [2.45, 2.75) is 0 Å². The molecule has 2 aromatic rings. The van der Waals surface area contributed by atoms with Crippen LogP contribution in [0.2, 0.25) is 0 Å². The molecule has 0 bridgehead atoms. The number of para-hydroxylation sites is 1. The van der Waals surface area contributed by atoms with Crippen LogP contribution in [-0.4, -0.2) is 52.2 Å². The summed E-state index contributed by atoms with van der Waals surface area (Å²) in [5.41, 5.74) is 2.07. The molecule has 140 valence electrons. The molecule has 1 aliphatic rings. The zero-order valence-corrected chi connectivity index (χ0v) is 15.4. The highest BCUT2D eigenvalue weighted by atomic mass is 16.5. The normalized spacial score (nSPS) is 12.8. The van der Waals surface area contributed by atoms with Gasteiger partial charge >= 0.3 is 5.97 Å². The molecular weight excluding hydrogens is 348 g/mol. The molecule has 27 heavy (non-hydrogen) atoms. The monoisotopic (exact) mass is 368 g/mol. The summed E-state index contributed by atoms with van der Waals surface area (Å²) in [6.07, 6.45) is 0. The van der Waals surface area contributed by atoms with Crippen LogP contribution in [0.1, 0.15) is 26.3 Å². The Balaban J connectivity index is 1.94. The molecule has 0 aliphatic carbocycles. The van der Waals surface area contributed by atoms with E-state index in [-0.39, 0.29) is 17.2 Å². The summed E-state index contributed by atoms with van der Waals surface area (Å²) < 4.78 is 15.5. The number of hydrogen-bond acceptors (Lipinski definition) is 6. The SMILES string of the molecule is COC(=O)c1ccc(C(=O)N(C)c2ccccc2C2=NCCO2)cc1OC. The highest BCUT2D eigenvalue weighted by molar-refractivity contribution is 6.10. The number of carbonyl (C=O) groups is 2. The van der Waals surface area contributed by atoms with Gasteiger partial charge in [0, 0.05) is 12.6 Å². The molecule has 0 fully saturated rings. The minimum atomic E-state index is -0.527. The van der Waals surface area contributed by atoms with Crippen LogP contribution in [0.15, 0.2) is 47.5 Å². The predicted molar refractivity (Wildman–Crippen MR) is 101 cm³/mol. The van der Waals surface area contributed by atoms with E-state index in [9.17, 15) is 9.59 Å². The Kier molecular flexibility index (Phi) is 5.40. The second-order valence-electron chi connectivity index (χ2n) is 5.82. The Morgan fingerprint density at radius 1 is 1.15 bits per heavy atom. The minimum absolute atomic E-state index is 0.254. The fourth-order valence-electron chi connectivity index (χ4n) is 2.85.